The molecule has 0 saturated heterocycles. The highest BCUT2D eigenvalue weighted by atomic mass is 16.3. The van der Waals surface area contributed by atoms with Crippen molar-refractivity contribution in [1.82, 2.24) is 19.9 Å². The van der Waals surface area contributed by atoms with Crippen molar-refractivity contribution in [3.8, 4) is 17.0 Å². The number of benzene rings is 1. The van der Waals surface area contributed by atoms with Crippen molar-refractivity contribution in [1.29, 1.82) is 0 Å². The standard InChI is InChI=1S/C23H21N5O/c24-22-27-11-17(12-28-22)15-2-5-18(6-3-15)23(8-1-9-23)19-7-4-16(10-19)20-13-26-21(29)14-25-20/h2-3,5-7,10-14H,1,4,8-9H2,(H,26,29)(H2,24,27,28). The lowest BCUT2D eigenvalue weighted by Crippen LogP contribution is -2.35. The molecule has 29 heavy (non-hydrogen) atoms. The van der Waals surface area contributed by atoms with E-state index in [9.17, 15) is 5.11 Å². The summed E-state index contributed by atoms with van der Waals surface area (Å²) in [4.78, 5) is 16.4. The molecule has 1 saturated carbocycles. The van der Waals surface area contributed by atoms with Crippen molar-refractivity contribution in [2.45, 2.75) is 31.1 Å². The molecule has 3 N–H and O–H groups in total. The Bertz CT molecular complexity index is 1100. The number of nitrogens with zero attached hydrogens (tertiary/aromatic N) is 4. The van der Waals surface area contributed by atoms with E-state index in [1.807, 2.05) is 0 Å². The first-order chi connectivity index (χ1) is 14.1. The van der Waals surface area contributed by atoms with Crippen LogP contribution in [0.4, 0.5) is 5.95 Å². The van der Waals surface area contributed by atoms with Crippen LogP contribution in [-0.4, -0.2) is 25.0 Å². The van der Waals surface area contributed by atoms with Crippen LogP contribution in [0.15, 0.2) is 66.8 Å². The van der Waals surface area contributed by atoms with Gasteiger partial charge in [0.15, 0.2) is 0 Å². The van der Waals surface area contributed by atoms with Crippen LogP contribution >= 0.6 is 0 Å². The van der Waals surface area contributed by atoms with Crippen molar-refractivity contribution in [2.75, 3.05) is 5.73 Å². The van der Waals surface area contributed by atoms with Crippen LogP contribution < -0.4 is 5.73 Å². The minimum absolute atomic E-state index is 0.0532. The lowest BCUT2D eigenvalue weighted by molar-refractivity contribution is 0.301. The molecule has 2 heterocycles. The maximum Gasteiger partial charge on any atom is 0.229 e. The van der Waals surface area contributed by atoms with Crippen molar-refractivity contribution in [2.24, 2.45) is 0 Å². The fourth-order valence-corrected chi connectivity index (χ4v) is 4.27. The van der Waals surface area contributed by atoms with E-state index in [4.69, 9.17) is 5.73 Å². The Morgan fingerprint density at radius 1 is 0.862 bits per heavy atom. The van der Waals surface area contributed by atoms with Gasteiger partial charge in [0, 0.05) is 23.4 Å². The van der Waals surface area contributed by atoms with E-state index in [2.05, 4.69) is 56.4 Å². The Morgan fingerprint density at radius 2 is 1.62 bits per heavy atom. The van der Waals surface area contributed by atoms with Gasteiger partial charge in [-0.05, 0) is 41.5 Å². The number of rotatable bonds is 4. The van der Waals surface area contributed by atoms with Crippen LogP contribution in [-0.2, 0) is 5.41 Å². The summed E-state index contributed by atoms with van der Waals surface area (Å²) in [6.45, 7) is 0. The third-order valence-corrected chi connectivity index (χ3v) is 6.04. The second-order valence-corrected chi connectivity index (χ2v) is 7.64. The van der Waals surface area contributed by atoms with Gasteiger partial charge in [0.2, 0.25) is 11.8 Å². The van der Waals surface area contributed by atoms with Gasteiger partial charge in [0.1, 0.15) is 0 Å². The highest BCUT2D eigenvalue weighted by Gasteiger charge is 2.42. The lowest BCUT2D eigenvalue weighted by atomic mass is 9.60. The van der Waals surface area contributed by atoms with E-state index < -0.39 is 0 Å². The van der Waals surface area contributed by atoms with E-state index in [0.29, 0.717) is 0 Å². The summed E-state index contributed by atoms with van der Waals surface area (Å²) < 4.78 is 0. The summed E-state index contributed by atoms with van der Waals surface area (Å²) in [5, 5.41) is 9.37. The van der Waals surface area contributed by atoms with Crippen LogP contribution in [0.5, 0.6) is 5.88 Å². The zero-order valence-corrected chi connectivity index (χ0v) is 15.9. The maximum atomic E-state index is 9.37. The maximum absolute atomic E-state index is 9.37. The Labute approximate surface area is 168 Å². The molecule has 2 aromatic heterocycles. The van der Waals surface area contributed by atoms with Gasteiger partial charge in [-0.2, -0.15) is 0 Å². The van der Waals surface area contributed by atoms with Crippen molar-refractivity contribution in [3.63, 3.8) is 0 Å². The molecule has 0 bridgehead atoms. The van der Waals surface area contributed by atoms with Gasteiger partial charge >= 0.3 is 0 Å². The van der Waals surface area contributed by atoms with Gasteiger partial charge in [-0.1, -0.05) is 42.8 Å². The normalized spacial score (nSPS) is 17.4. The molecular weight excluding hydrogens is 362 g/mol. The van der Waals surface area contributed by atoms with Crippen molar-refractivity contribution >= 4 is 11.5 Å². The fourth-order valence-electron chi connectivity index (χ4n) is 4.27. The van der Waals surface area contributed by atoms with Crippen LogP contribution in [0.2, 0.25) is 0 Å². The molecule has 0 radical (unpaired) electrons. The molecule has 6 nitrogen and oxygen atoms in total. The predicted molar refractivity (Wildman–Crippen MR) is 112 cm³/mol. The molecule has 0 aliphatic heterocycles. The summed E-state index contributed by atoms with van der Waals surface area (Å²) in [5.41, 5.74) is 12.4. The van der Waals surface area contributed by atoms with E-state index in [1.165, 1.54) is 23.8 Å². The summed E-state index contributed by atoms with van der Waals surface area (Å²) in [5.74, 6) is 0.232. The molecule has 0 unspecified atom stereocenters. The second-order valence-electron chi connectivity index (χ2n) is 7.64. The Balaban J connectivity index is 1.43. The van der Waals surface area contributed by atoms with E-state index in [1.54, 1.807) is 18.6 Å². The Morgan fingerprint density at radius 3 is 2.24 bits per heavy atom. The Kier molecular flexibility index (Phi) is 4.12. The molecule has 0 amide bonds. The molecule has 0 atom stereocenters. The predicted octanol–water partition coefficient (Wildman–Crippen LogP) is 4.06. The molecular formula is C23H21N5O. The molecule has 144 valence electrons. The average molecular weight is 383 g/mol. The van der Waals surface area contributed by atoms with Gasteiger partial charge < -0.3 is 10.8 Å². The smallest absolute Gasteiger partial charge is 0.229 e. The molecule has 2 aliphatic carbocycles. The molecule has 5 rings (SSSR count). The minimum atomic E-state index is -0.0532. The van der Waals surface area contributed by atoms with Crippen molar-refractivity contribution in [3.05, 3.63) is 78.0 Å². The number of allylic oxidation sites excluding steroid dienone is 4. The highest BCUT2D eigenvalue weighted by molar-refractivity contribution is 5.72. The highest BCUT2D eigenvalue weighted by Crippen LogP contribution is 2.52. The number of anilines is 1. The first-order valence-electron chi connectivity index (χ1n) is 9.75. The van der Waals surface area contributed by atoms with Crippen LogP contribution in [0.3, 0.4) is 0 Å². The first-order valence-corrected chi connectivity index (χ1v) is 9.75. The minimum Gasteiger partial charge on any atom is -0.492 e. The number of nitrogen functional groups attached to an aromatic ring is 1. The van der Waals surface area contributed by atoms with Crippen molar-refractivity contribution < 1.29 is 5.11 Å². The van der Waals surface area contributed by atoms with E-state index >= 15 is 0 Å². The number of hydrogen-bond donors (Lipinski definition) is 2. The third kappa shape index (κ3) is 3.06. The number of aromatic nitrogens is 4. The van der Waals surface area contributed by atoms with Gasteiger partial charge in [-0.3, -0.25) is 0 Å². The summed E-state index contributed by atoms with van der Waals surface area (Å²) in [6.07, 6.45) is 15.5. The molecule has 3 aromatic rings. The van der Waals surface area contributed by atoms with Gasteiger partial charge in [-0.25, -0.2) is 19.9 Å². The van der Waals surface area contributed by atoms with Gasteiger partial charge in [-0.15, -0.1) is 0 Å². The Hall–Kier alpha value is -3.54. The largest absolute Gasteiger partial charge is 0.492 e. The monoisotopic (exact) mass is 383 g/mol. The lowest BCUT2D eigenvalue weighted by Gasteiger charge is -2.43. The van der Waals surface area contributed by atoms with E-state index in [-0.39, 0.29) is 17.2 Å². The number of hydrogen-bond acceptors (Lipinski definition) is 6. The number of nitrogens with two attached hydrogens (primary N) is 1. The molecule has 2 aliphatic rings. The molecule has 1 aromatic carbocycles. The molecule has 6 heteroatoms. The average Bonchev–Trinajstić information content (AvgIpc) is 3.19. The second kappa shape index (κ2) is 6.81. The van der Waals surface area contributed by atoms with Crippen LogP contribution in [0.25, 0.3) is 16.7 Å². The zero-order valence-electron chi connectivity index (χ0n) is 15.9. The molecule has 1 fully saturated rings. The quantitative estimate of drug-likeness (QED) is 0.705. The SMILES string of the molecule is Nc1ncc(-c2ccc(C3(C4=CCC(c5cnc(O)cn5)=C4)CCC3)cc2)cn1. The summed E-state index contributed by atoms with van der Waals surface area (Å²) >= 11 is 0. The fraction of sp³-hybridized carbons (Fsp3) is 0.217. The van der Waals surface area contributed by atoms with Crippen LogP contribution in [0.1, 0.15) is 36.9 Å². The first kappa shape index (κ1) is 17.6. The van der Waals surface area contributed by atoms with E-state index in [0.717, 1.165) is 41.7 Å². The van der Waals surface area contributed by atoms with Crippen LogP contribution in [0, 0.1) is 0 Å². The third-order valence-electron chi connectivity index (χ3n) is 6.04. The zero-order chi connectivity index (χ0) is 19.8. The molecule has 0 spiro atoms. The van der Waals surface area contributed by atoms with Gasteiger partial charge in [0.25, 0.3) is 0 Å². The summed E-state index contributed by atoms with van der Waals surface area (Å²) in [7, 11) is 0. The summed E-state index contributed by atoms with van der Waals surface area (Å²) in [6, 6.07) is 8.71. The van der Waals surface area contributed by atoms with Gasteiger partial charge in [0.05, 0.1) is 18.1 Å². The number of aromatic hydroxyl groups is 1. The topological polar surface area (TPSA) is 97.8 Å².